The number of aldehydes is 1. The second-order valence-electron chi connectivity index (χ2n) is 6.12. The van der Waals surface area contributed by atoms with Gasteiger partial charge in [0.1, 0.15) is 11.4 Å². The van der Waals surface area contributed by atoms with E-state index in [-0.39, 0.29) is 5.92 Å². The van der Waals surface area contributed by atoms with Gasteiger partial charge in [-0.05, 0) is 50.7 Å². The van der Waals surface area contributed by atoms with Crippen LogP contribution in [0.5, 0.6) is 5.75 Å². The average molecular weight is 277 g/mol. The van der Waals surface area contributed by atoms with E-state index in [1.165, 1.54) is 6.42 Å². The van der Waals surface area contributed by atoms with Crippen molar-refractivity contribution in [1.29, 1.82) is 0 Å². The lowest BCUT2D eigenvalue weighted by atomic mass is 9.72. The molecule has 0 aliphatic heterocycles. The lowest BCUT2D eigenvalue weighted by molar-refractivity contribution is -0.0378. The average Bonchev–Trinajstić information content (AvgIpc) is 2.44. The fourth-order valence-corrected chi connectivity index (χ4v) is 3.15. The van der Waals surface area contributed by atoms with E-state index in [4.69, 9.17) is 4.74 Å². The van der Waals surface area contributed by atoms with E-state index in [1.807, 2.05) is 13.8 Å². The van der Waals surface area contributed by atoms with Gasteiger partial charge in [0, 0.05) is 6.20 Å². The van der Waals surface area contributed by atoms with Gasteiger partial charge >= 0.3 is 0 Å². The van der Waals surface area contributed by atoms with Crippen LogP contribution in [-0.2, 0) is 0 Å². The predicted molar refractivity (Wildman–Crippen MR) is 76.9 cm³/mol. The second-order valence-corrected chi connectivity index (χ2v) is 6.12. The topological polar surface area (TPSA) is 59.4 Å². The Kier molecular flexibility index (Phi) is 4.76. The third kappa shape index (κ3) is 3.57. The SMILES string of the molecule is CC(C)(O)C1CCCCC1COc1cccnc1C=O. The summed E-state index contributed by atoms with van der Waals surface area (Å²) >= 11 is 0. The molecule has 1 N–H and O–H groups in total. The number of hydrogen-bond donors (Lipinski definition) is 1. The largest absolute Gasteiger partial charge is 0.491 e. The maximum absolute atomic E-state index is 10.9. The van der Waals surface area contributed by atoms with Crippen LogP contribution in [-0.4, -0.2) is 28.6 Å². The minimum Gasteiger partial charge on any atom is -0.491 e. The highest BCUT2D eigenvalue weighted by molar-refractivity contribution is 5.75. The summed E-state index contributed by atoms with van der Waals surface area (Å²) in [5.74, 6) is 1.10. The van der Waals surface area contributed by atoms with Gasteiger partial charge in [-0.1, -0.05) is 12.8 Å². The van der Waals surface area contributed by atoms with Crippen LogP contribution in [0.2, 0.25) is 0 Å². The Morgan fingerprint density at radius 1 is 1.45 bits per heavy atom. The Morgan fingerprint density at radius 3 is 2.90 bits per heavy atom. The summed E-state index contributed by atoms with van der Waals surface area (Å²) in [6, 6.07) is 3.52. The molecule has 2 unspecified atom stereocenters. The monoisotopic (exact) mass is 277 g/mol. The molecule has 0 bridgehead atoms. The van der Waals surface area contributed by atoms with Crippen molar-refractivity contribution in [2.75, 3.05) is 6.61 Å². The van der Waals surface area contributed by atoms with Gasteiger partial charge in [-0.25, -0.2) is 4.98 Å². The summed E-state index contributed by atoms with van der Waals surface area (Å²) in [4.78, 5) is 14.9. The van der Waals surface area contributed by atoms with Crippen LogP contribution < -0.4 is 4.74 Å². The Morgan fingerprint density at radius 2 is 2.20 bits per heavy atom. The molecule has 1 saturated carbocycles. The highest BCUT2D eigenvalue weighted by atomic mass is 16.5. The molecule has 0 amide bonds. The number of nitrogens with zero attached hydrogens (tertiary/aromatic N) is 1. The van der Waals surface area contributed by atoms with E-state index in [1.54, 1.807) is 18.3 Å². The van der Waals surface area contributed by atoms with Crippen molar-refractivity contribution < 1.29 is 14.6 Å². The Hall–Kier alpha value is -1.42. The number of pyridine rings is 1. The van der Waals surface area contributed by atoms with E-state index in [9.17, 15) is 9.90 Å². The molecule has 1 aromatic rings. The van der Waals surface area contributed by atoms with Crippen molar-refractivity contribution in [3.05, 3.63) is 24.0 Å². The van der Waals surface area contributed by atoms with Gasteiger partial charge in [0.15, 0.2) is 6.29 Å². The lowest BCUT2D eigenvalue weighted by Crippen LogP contribution is -2.40. The highest BCUT2D eigenvalue weighted by Crippen LogP contribution is 2.37. The quantitative estimate of drug-likeness (QED) is 0.841. The number of rotatable bonds is 5. The number of carbonyl (C=O) groups is 1. The number of carbonyl (C=O) groups excluding carboxylic acids is 1. The van der Waals surface area contributed by atoms with Gasteiger partial charge in [0.25, 0.3) is 0 Å². The first-order valence-electron chi connectivity index (χ1n) is 7.27. The Labute approximate surface area is 120 Å². The minimum atomic E-state index is -0.684. The van der Waals surface area contributed by atoms with Gasteiger partial charge in [0.05, 0.1) is 12.2 Å². The van der Waals surface area contributed by atoms with Crippen LogP contribution in [0.15, 0.2) is 18.3 Å². The van der Waals surface area contributed by atoms with Gasteiger partial charge in [-0.2, -0.15) is 0 Å². The molecule has 0 radical (unpaired) electrons. The normalized spacial score (nSPS) is 23.4. The molecule has 1 aromatic heterocycles. The summed E-state index contributed by atoms with van der Waals surface area (Å²) in [5, 5.41) is 10.3. The molecule has 0 saturated heterocycles. The summed E-state index contributed by atoms with van der Waals surface area (Å²) in [5.41, 5.74) is -0.347. The van der Waals surface area contributed by atoms with Crippen LogP contribution in [0.25, 0.3) is 0 Å². The fourth-order valence-electron chi connectivity index (χ4n) is 3.15. The summed E-state index contributed by atoms with van der Waals surface area (Å²) in [7, 11) is 0. The lowest BCUT2D eigenvalue weighted by Gasteiger charge is -2.39. The van der Waals surface area contributed by atoms with Crippen molar-refractivity contribution in [1.82, 2.24) is 4.98 Å². The molecule has 2 atom stereocenters. The van der Waals surface area contributed by atoms with Gasteiger partial charge in [0.2, 0.25) is 0 Å². The van der Waals surface area contributed by atoms with Gasteiger partial charge in [-0.15, -0.1) is 0 Å². The molecular weight excluding hydrogens is 254 g/mol. The molecule has 20 heavy (non-hydrogen) atoms. The Bertz CT molecular complexity index is 453. The molecule has 4 nitrogen and oxygen atoms in total. The van der Waals surface area contributed by atoms with E-state index in [0.717, 1.165) is 19.3 Å². The van der Waals surface area contributed by atoms with Crippen LogP contribution in [0, 0.1) is 11.8 Å². The van der Waals surface area contributed by atoms with Crippen molar-refractivity contribution >= 4 is 6.29 Å². The molecule has 1 aliphatic rings. The number of ether oxygens (including phenoxy) is 1. The molecule has 0 aromatic carbocycles. The van der Waals surface area contributed by atoms with Gasteiger partial charge in [-0.3, -0.25) is 4.79 Å². The fraction of sp³-hybridized carbons (Fsp3) is 0.625. The van der Waals surface area contributed by atoms with Crippen LogP contribution >= 0.6 is 0 Å². The van der Waals surface area contributed by atoms with E-state index in [2.05, 4.69) is 4.98 Å². The predicted octanol–water partition coefficient (Wildman–Crippen LogP) is 2.85. The smallest absolute Gasteiger partial charge is 0.172 e. The number of hydrogen-bond acceptors (Lipinski definition) is 4. The number of aliphatic hydroxyl groups is 1. The molecule has 2 rings (SSSR count). The van der Waals surface area contributed by atoms with Crippen LogP contribution in [0.4, 0.5) is 0 Å². The first-order chi connectivity index (χ1) is 9.52. The van der Waals surface area contributed by atoms with E-state index >= 15 is 0 Å². The molecular formula is C16H23NO3. The highest BCUT2D eigenvalue weighted by Gasteiger charge is 2.36. The van der Waals surface area contributed by atoms with E-state index < -0.39 is 5.60 Å². The molecule has 4 heteroatoms. The third-order valence-electron chi connectivity index (χ3n) is 4.18. The van der Waals surface area contributed by atoms with E-state index in [0.29, 0.717) is 30.3 Å². The van der Waals surface area contributed by atoms with Crippen LogP contribution in [0.3, 0.4) is 0 Å². The molecule has 110 valence electrons. The zero-order valence-corrected chi connectivity index (χ0v) is 12.2. The zero-order chi connectivity index (χ0) is 14.6. The summed E-state index contributed by atoms with van der Waals surface area (Å²) < 4.78 is 5.79. The van der Waals surface area contributed by atoms with Crippen molar-refractivity contribution in [3.63, 3.8) is 0 Å². The molecule has 1 aliphatic carbocycles. The summed E-state index contributed by atoms with van der Waals surface area (Å²) in [6.45, 7) is 4.27. The third-order valence-corrected chi connectivity index (χ3v) is 4.18. The maximum atomic E-state index is 10.9. The molecule has 0 spiro atoms. The van der Waals surface area contributed by atoms with Crippen molar-refractivity contribution in [3.8, 4) is 5.75 Å². The summed E-state index contributed by atoms with van der Waals surface area (Å²) in [6.07, 6.45) is 6.72. The zero-order valence-electron chi connectivity index (χ0n) is 12.2. The maximum Gasteiger partial charge on any atom is 0.172 e. The van der Waals surface area contributed by atoms with Crippen LogP contribution in [0.1, 0.15) is 50.0 Å². The number of aromatic nitrogens is 1. The second kappa shape index (κ2) is 6.35. The molecule has 1 heterocycles. The first kappa shape index (κ1) is 15.0. The van der Waals surface area contributed by atoms with Crippen molar-refractivity contribution in [2.24, 2.45) is 11.8 Å². The molecule has 1 fully saturated rings. The standard InChI is InChI=1S/C16H23NO3/c1-16(2,19)13-7-4-3-6-12(13)11-20-15-8-5-9-17-14(15)10-18/h5,8-10,12-13,19H,3-4,6-7,11H2,1-2H3. The van der Waals surface area contributed by atoms with Gasteiger partial charge < -0.3 is 9.84 Å². The van der Waals surface area contributed by atoms with Crippen molar-refractivity contribution in [2.45, 2.75) is 45.1 Å². The minimum absolute atomic E-state index is 0.243. The first-order valence-corrected chi connectivity index (χ1v) is 7.27. The Balaban J connectivity index is 2.03.